The number of alkyl halides is 3. The highest BCUT2D eigenvalue weighted by atomic mass is 19.4. The molecule has 1 aromatic heterocycles. The largest absolute Gasteiger partial charge is 0.483 e. The van der Waals surface area contributed by atoms with Crippen LogP contribution in [-0.4, -0.2) is 28.4 Å². The lowest BCUT2D eigenvalue weighted by molar-refractivity contribution is -0.153. The van der Waals surface area contributed by atoms with Crippen LogP contribution in [0, 0.1) is 0 Å². The highest BCUT2D eigenvalue weighted by Crippen LogP contribution is 2.38. The van der Waals surface area contributed by atoms with Gasteiger partial charge in [0.15, 0.2) is 6.61 Å². The molecule has 0 saturated carbocycles. The van der Waals surface area contributed by atoms with Crippen molar-refractivity contribution in [3.05, 3.63) is 81.8 Å². The lowest BCUT2D eigenvalue weighted by Gasteiger charge is -2.20. The minimum absolute atomic E-state index is 0.0626. The summed E-state index contributed by atoms with van der Waals surface area (Å²) in [6.07, 6.45) is -3.04. The molecule has 2 aromatic carbocycles. The molecule has 1 aliphatic rings. The zero-order chi connectivity index (χ0) is 26.4. The van der Waals surface area contributed by atoms with Gasteiger partial charge in [0.25, 0.3) is 11.5 Å². The van der Waals surface area contributed by atoms with Crippen LogP contribution in [-0.2, 0) is 12.1 Å². The predicted molar refractivity (Wildman–Crippen MR) is 130 cm³/mol. The minimum atomic E-state index is -4.55. The number of hydrogen-bond donors (Lipinski definition) is 1. The molecule has 0 radical (unpaired) electrons. The van der Waals surface area contributed by atoms with E-state index < -0.39 is 23.9 Å². The highest BCUT2D eigenvalue weighted by Gasteiger charge is 2.35. The van der Waals surface area contributed by atoms with E-state index in [1.54, 1.807) is 58.0 Å². The van der Waals surface area contributed by atoms with Gasteiger partial charge in [-0.1, -0.05) is 30.3 Å². The van der Waals surface area contributed by atoms with E-state index in [9.17, 15) is 27.9 Å². The number of aliphatic hydroxyl groups is 1. The van der Waals surface area contributed by atoms with E-state index in [4.69, 9.17) is 4.74 Å². The summed E-state index contributed by atoms with van der Waals surface area (Å²) in [6, 6.07) is 12.6. The number of ether oxygens (including phenoxy) is 1. The molecule has 4 rings (SSSR count). The fourth-order valence-corrected chi connectivity index (χ4v) is 4.27. The monoisotopic (exact) mass is 500 g/mol. The minimum Gasteiger partial charge on any atom is -0.483 e. The Bertz CT molecular complexity index is 1350. The van der Waals surface area contributed by atoms with E-state index in [1.165, 1.54) is 33.9 Å². The number of benzene rings is 2. The summed E-state index contributed by atoms with van der Waals surface area (Å²) < 4.78 is 45.1. The predicted octanol–water partition coefficient (Wildman–Crippen LogP) is 5.43. The van der Waals surface area contributed by atoms with Gasteiger partial charge in [-0.2, -0.15) is 13.2 Å². The molecular formula is C27H27F3N2O4. The number of aromatic nitrogens is 1. The van der Waals surface area contributed by atoms with Crippen LogP contribution in [0.1, 0.15) is 55.2 Å². The van der Waals surface area contributed by atoms with Crippen LogP contribution in [0.2, 0.25) is 0 Å². The van der Waals surface area contributed by atoms with Gasteiger partial charge in [0.05, 0.1) is 23.3 Å². The molecule has 3 aromatic rings. The first-order valence-corrected chi connectivity index (χ1v) is 11.5. The van der Waals surface area contributed by atoms with Gasteiger partial charge >= 0.3 is 6.18 Å². The summed E-state index contributed by atoms with van der Waals surface area (Å²) >= 11 is 0. The number of anilines is 1. The third kappa shape index (κ3) is 4.88. The first-order chi connectivity index (χ1) is 16.8. The average Bonchev–Trinajstić information content (AvgIpc) is 3.12. The third-order valence-corrected chi connectivity index (χ3v) is 6.12. The van der Waals surface area contributed by atoms with Gasteiger partial charge < -0.3 is 19.3 Å². The van der Waals surface area contributed by atoms with Crippen LogP contribution in [0.3, 0.4) is 0 Å². The number of para-hydroxylation sites is 1. The SMILES string of the molecule is CC(C)n1cc2c(c(-c3ccccc3OCC(F)(F)F)c1=O)CN(c1ccc(C(C)(C)O)cc1)C2=O. The van der Waals surface area contributed by atoms with Crippen molar-refractivity contribution >= 4 is 11.6 Å². The van der Waals surface area contributed by atoms with Crippen LogP contribution in [0.4, 0.5) is 18.9 Å². The Labute approximate surface area is 206 Å². The number of rotatable bonds is 6. The number of pyridine rings is 1. The van der Waals surface area contributed by atoms with E-state index in [-0.39, 0.29) is 35.4 Å². The first-order valence-electron chi connectivity index (χ1n) is 11.5. The molecule has 0 atom stereocenters. The Morgan fingerprint density at radius 1 is 1.00 bits per heavy atom. The number of carbonyl (C=O) groups excluding carboxylic acids is 1. The van der Waals surface area contributed by atoms with Gasteiger partial charge in [-0.25, -0.2) is 0 Å². The molecule has 36 heavy (non-hydrogen) atoms. The molecule has 9 heteroatoms. The zero-order valence-electron chi connectivity index (χ0n) is 20.4. The van der Waals surface area contributed by atoms with E-state index in [1.807, 2.05) is 0 Å². The standard InChI is InChI=1S/C27H27F3N2O4/c1-16(2)31-14-21-20(13-32(24(21)33)18-11-9-17(10-12-18)26(3,4)35)23(25(31)34)19-7-5-6-8-22(19)36-15-27(28,29)30/h5-12,14,16,35H,13,15H2,1-4H3. The zero-order valence-corrected chi connectivity index (χ0v) is 20.4. The topological polar surface area (TPSA) is 71.8 Å². The molecule has 1 aliphatic heterocycles. The molecule has 2 heterocycles. The third-order valence-electron chi connectivity index (χ3n) is 6.12. The van der Waals surface area contributed by atoms with Crippen molar-refractivity contribution in [3.8, 4) is 16.9 Å². The number of amides is 1. The Balaban J connectivity index is 1.84. The molecule has 0 unspecified atom stereocenters. The second kappa shape index (κ2) is 9.13. The number of halogens is 3. The fourth-order valence-electron chi connectivity index (χ4n) is 4.27. The van der Waals surface area contributed by atoms with Crippen molar-refractivity contribution in [1.82, 2.24) is 4.57 Å². The van der Waals surface area contributed by atoms with Gasteiger partial charge in [-0.05, 0) is 57.0 Å². The quantitative estimate of drug-likeness (QED) is 0.490. The molecule has 1 N–H and O–H groups in total. The summed E-state index contributed by atoms with van der Waals surface area (Å²) in [5.74, 6) is -0.415. The van der Waals surface area contributed by atoms with Gasteiger partial charge in [-0.15, -0.1) is 0 Å². The fraction of sp³-hybridized carbons (Fsp3) is 0.333. The molecule has 1 amide bonds. The number of fused-ring (bicyclic) bond motifs is 1. The van der Waals surface area contributed by atoms with Crippen molar-refractivity contribution in [2.24, 2.45) is 0 Å². The molecule has 190 valence electrons. The Morgan fingerprint density at radius 3 is 2.22 bits per heavy atom. The van der Waals surface area contributed by atoms with Crippen LogP contribution >= 0.6 is 0 Å². The Morgan fingerprint density at radius 2 is 1.64 bits per heavy atom. The van der Waals surface area contributed by atoms with Gasteiger partial charge in [-0.3, -0.25) is 9.59 Å². The van der Waals surface area contributed by atoms with E-state index in [0.717, 1.165) is 0 Å². The lowest BCUT2D eigenvalue weighted by atomic mass is 9.98. The molecule has 0 aliphatic carbocycles. The van der Waals surface area contributed by atoms with Crippen molar-refractivity contribution in [3.63, 3.8) is 0 Å². The van der Waals surface area contributed by atoms with Gasteiger partial charge in [0, 0.05) is 23.5 Å². The Kier molecular flexibility index (Phi) is 6.47. The maximum absolute atomic E-state index is 13.6. The van der Waals surface area contributed by atoms with Crippen molar-refractivity contribution < 1.29 is 27.8 Å². The molecule has 0 saturated heterocycles. The molecule has 0 bridgehead atoms. The summed E-state index contributed by atoms with van der Waals surface area (Å²) in [4.78, 5) is 28.5. The maximum atomic E-state index is 13.6. The second-order valence-corrected chi connectivity index (χ2v) is 9.60. The Hall–Kier alpha value is -3.59. The normalized spacial score (nSPS) is 13.9. The van der Waals surface area contributed by atoms with Crippen LogP contribution < -0.4 is 15.2 Å². The average molecular weight is 501 g/mol. The van der Waals surface area contributed by atoms with Crippen molar-refractivity contribution in [2.45, 2.75) is 52.1 Å². The van der Waals surface area contributed by atoms with Crippen LogP contribution in [0.25, 0.3) is 11.1 Å². The van der Waals surface area contributed by atoms with Crippen molar-refractivity contribution in [1.29, 1.82) is 0 Å². The molecular weight excluding hydrogens is 473 g/mol. The maximum Gasteiger partial charge on any atom is 0.422 e. The van der Waals surface area contributed by atoms with Crippen molar-refractivity contribution in [2.75, 3.05) is 11.5 Å². The summed E-state index contributed by atoms with van der Waals surface area (Å²) in [6.45, 7) is 5.45. The van der Waals surface area contributed by atoms with E-state index in [2.05, 4.69) is 0 Å². The van der Waals surface area contributed by atoms with Gasteiger partial charge in [0.1, 0.15) is 5.75 Å². The molecule has 0 fully saturated rings. The number of hydrogen-bond acceptors (Lipinski definition) is 4. The summed E-state index contributed by atoms with van der Waals surface area (Å²) in [7, 11) is 0. The number of carbonyl (C=O) groups is 1. The number of nitrogens with zero attached hydrogens (tertiary/aromatic N) is 2. The summed E-state index contributed by atoms with van der Waals surface area (Å²) in [5, 5.41) is 10.2. The first kappa shape index (κ1) is 25.5. The van der Waals surface area contributed by atoms with E-state index in [0.29, 0.717) is 22.4 Å². The van der Waals surface area contributed by atoms with E-state index >= 15 is 0 Å². The van der Waals surface area contributed by atoms with Crippen LogP contribution in [0.15, 0.2) is 59.5 Å². The lowest BCUT2D eigenvalue weighted by Crippen LogP contribution is -2.26. The molecule has 0 spiro atoms. The summed E-state index contributed by atoms with van der Waals surface area (Å²) in [5.41, 5.74) is 0.842. The second-order valence-electron chi connectivity index (χ2n) is 9.60. The smallest absolute Gasteiger partial charge is 0.422 e. The van der Waals surface area contributed by atoms with Crippen LogP contribution in [0.5, 0.6) is 5.75 Å². The highest BCUT2D eigenvalue weighted by molar-refractivity contribution is 6.11. The molecule has 6 nitrogen and oxygen atoms in total. The van der Waals surface area contributed by atoms with Gasteiger partial charge in [0.2, 0.25) is 0 Å².